The van der Waals surface area contributed by atoms with Gasteiger partial charge in [-0.3, -0.25) is 14.5 Å². The zero-order valence-corrected chi connectivity index (χ0v) is 15.9. The van der Waals surface area contributed by atoms with Crippen molar-refractivity contribution in [1.29, 1.82) is 0 Å². The van der Waals surface area contributed by atoms with Crippen molar-refractivity contribution in [3.05, 3.63) is 47.2 Å². The van der Waals surface area contributed by atoms with E-state index in [1.54, 1.807) is 38.1 Å². The standard InChI is InChI=1S/C19H20N4O6/c1-3-14(17(25)21-15-8-11(2)29-22-15)28-18(26)13-7-5-4-6-12(13)10-23-16(24)9-20-19(23)27/h4-8,14H,3,9-10H2,1-2H3,(H,20,27)(H,21,22,25)/t14-/m0/s1. The van der Waals surface area contributed by atoms with Gasteiger partial charge in [0.2, 0.25) is 5.91 Å². The number of imide groups is 1. The predicted octanol–water partition coefficient (Wildman–Crippen LogP) is 1.61. The van der Waals surface area contributed by atoms with E-state index in [0.29, 0.717) is 11.3 Å². The molecule has 10 heteroatoms. The van der Waals surface area contributed by atoms with Crippen molar-refractivity contribution in [1.82, 2.24) is 15.4 Å². The number of nitrogens with one attached hydrogen (secondary N) is 2. The molecule has 2 N–H and O–H groups in total. The molecule has 0 radical (unpaired) electrons. The number of carbonyl (C=O) groups excluding carboxylic acids is 4. The van der Waals surface area contributed by atoms with Crippen molar-refractivity contribution in [3.63, 3.8) is 0 Å². The Morgan fingerprint density at radius 1 is 1.34 bits per heavy atom. The van der Waals surface area contributed by atoms with Crippen molar-refractivity contribution >= 4 is 29.6 Å². The summed E-state index contributed by atoms with van der Waals surface area (Å²) in [4.78, 5) is 49.7. The molecule has 0 bridgehead atoms. The van der Waals surface area contributed by atoms with Gasteiger partial charge in [-0.2, -0.15) is 0 Å². The van der Waals surface area contributed by atoms with Crippen LogP contribution in [0.2, 0.25) is 0 Å². The summed E-state index contributed by atoms with van der Waals surface area (Å²) in [5.41, 5.74) is 0.605. The third-order valence-corrected chi connectivity index (χ3v) is 4.29. The Morgan fingerprint density at radius 2 is 2.10 bits per heavy atom. The first-order valence-electron chi connectivity index (χ1n) is 9.00. The van der Waals surface area contributed by atoms with Gasteiger partial charge in [0, 0.05) is 6.07 Å². The Kier molecular flexibility index (Phi) is 5.91. The van der Waals surface area contributed by atoms with Crippen molar-refractivity contribution in [2.45, 2.75) is 32.9 Å². The molecule has 1 saturated heterocycles. The fourth-order valence-corrected chi connectivity index (χ4v) is 2.79. The number of nitrogens with zero attached hydrogens (tertiary/aromatic N) is 2. The molecule has 0 aliphatic carbocycles. The second-order valence-electron chi connectivity index (χ2n) is 6.41. The highest BCUT2D eigenvalue weighted by molar-refractivity contribution is 6.02. The van der Waals surface area contributed by atoms with Crippen LogP contribution in [-0.2, 0) is 20.9 Å². The predicted molar refractivity (Wildman–Crippen MR) is 99.8 cm³/mol. The van der Waals surface area contributed by atoms with E-state index in [1.807, 2.05) is 0 Å². The van der Waals surface area contributed by atoms with Gasteiger partial charge >= 0.3 is 12.0 Å². The van der Waals surface area contributed by atoms with Crippen LogP contribution in [0.4, 0.5) is 10.6 Å². The number of rotatable bonds is 7. The summed E-state index contributed by atoms with van der Waals surface area (Å²) in [5.74, 6) is -0.903. The summed E-state index contributed by atoms with van der Waals surface area (Å²) >= 11 is 0. The maximum atomic E-state index is 12.7. The van der Waals surface area contributed by atoms with Gasteiger partial charge in [-0.05, 0) is 25.0 Å². The molecule has 29 heavy (non-hydrogen) atoms. The molecule has 1 aromatic carbocycles. The average Bonchev–Trinajstić information content (AvgIpc) is 3.25. The third kappa shape index (κ3) is 4.60. The minimum Gasteiger partial charge on any atom is -0.449 e. The smallest absolute Gasteiger partial charge is 0.339 e. The SMILES string of the molecule is CC[C@H](OC(=O)c1ccccc1CN1C(=O)CNC1=O)C(=O)Nc1cc(C)on1. The third-order valence-electron chi connectivity index (χ3n) is 4.29. The summed E-state index contributed by atoms with van der Waals surface area (Å²) in [7, 11) is 0. The molecule has 3 rings (SSSR count). The van der Waals surface area contributed by atoms with Crippen LogP contribution < -0.4 is 10.6 Å². The van der Waals surface area contributed by atoms with Crippen LogP contribution >= 0.6 is 0 Å². The number of aromatic nitrogens is 1. The van der Waals surface area contributed by atoms with Crippen molar-refractivity contribution in [2.75, 3.05) is 11.9 Å². The second kappa shape index (κ2) is 8.55. The summed E-state index contributed by atoms with van der Waals surface area (Å²) in [5, 5.41) is 8.63. The van der Waals surface area contributed by atoms with E-state index in [9.17, 15) is 19.2 Å². The molecule has 1 aromatic heterocycles. The Morgan fingerprint density at radius 3 is 2.72 bits per heavy atom. The van der Waals surface area contributed by atoms with Gasteiger partial charge in [0.25, 0.3) is 5.91 Å². The lowest BCUT2D eigenvalue weighted by Crippen LogP contribution is -2.33. The van der Waals surface area contributed by atoms with Gasteiger partial charge in [0.15, 0.2) is 11.9 Å². The summed E-state index contributed by atoms with van der Waals surface area (Å²) < 4.78 is 10.3. The fraction of sp³-hybridized carbons (Fsp3) is 0.316. The molecule has 2 heterocycles. The first kappa shape index (κ1) is 20.1. The summed E-state index contributed by atoms with van der Waals surface area (Å²) in [6, 6.07) is 7.47. The lowest BCUT2D eigenvalue weighted by molar-refractivity contribution is -0.125. The van der Waals surface area contributed by atoms with Crippen molar-refractivity contribution in [2.24, 2.45) is 0 Å². The number of amides is 4. The fourth-order valence-electron chi connectivity index (χ4n) is 2.79. The molecule has 10 nitrogen and oxygen atoms in total. The molecule has 4 amide bonds. The number of hydrogen-bond acceptors (Lipinski definition) is 7. The van der Waals surface area contributed by atoms with Crippen LogP contribution in [0, 0.1) is 6.92 Å². The number of esters is 1. The molecule has 1 aliphatic heterocycles. The van der Waals surface area contributed by atoms with Gasteiger partial charge in [0.05, 0.1) is 18.7 Å². The lowest BCUT2D eigenvalue weighted by Gasteiger charge is -2.18. The number of aryl methyl sites for hydroxylation is 1. The first-order valence-corrected chi connectivity index (χ1v) is 9.00. The van der Waals surface area contributed by atoms with Gasteiger partial charge in [-0.15, -0.1) is 0 Å². The molecular weight excluding hydrogens is 380 g/mol. The Labute approximate surface area is 166 Å². The average molecular weight is 400 g/mol. The number of benzene rings is 1. The lowest BCUT2D eigenvalue weighted by atomic mass is 10.1. The number of hydrogen-bond donors (Lipinski definition) is 2. The first-order chi connectivity index (χ1) is 13.9. The number of urea groups is 1. The van der Waals surface area contributed by atoms with E-state index in [4.69, 9.17) is 9.26 Å². The van der Waals surface area contributed by atoms with Crippen LogP contribution in [0.25, 0.3) is 0 Å². The van der Waals surface area contributed by atoms with Crippen LogP contribution in [0.5, 0.6) is 0 Å². The molecule has 1 fully saturated rings. The van der Waals surface area contributed by atoms with E-state index < -0.39 is 24.0 Å². The molecule has 1 aliphatic rings. The van der Waals surface area contributed by atoms with Crippen LogP contribution in [0.3, 0.4) is 0 Å². The Hall–Kier alpha value is -3.69. The molecule has 1 atom stereocenters. The van der Waals surface area contributed by atoms with E-state index in [1.165, 1.54) is 6.07 Å². The van der Waals surface area contributed by atoms with E-state index in [-0.39, 0.29) is 36.8 Å². The van der Waals surface area contributed by atoms with Gasteiger partial charge in [0.1, 0.15) is 5.76 Å². The molecule has 0 unspecified atom stereocenters. The Bertz CT molecular complexity index is 938. The normalized spacial score (nSPS) is 14.5. The molecule has 152 valence electrons. The summed E-state index contributed by atoms with van der Waals surface area (Å²) in [6.07, 6.45) is -0.812. The highest BCUT2D eigenvalue weighted by Crippen LogP contribution is 2.17. The molecule has 0 spiro atoms. The van der Waals surface area contributed by atoms with Crippen molar-refractivity contribution in [3.8, 4) is 0 Å². The molecular formula is C19H20N4O6. The minimum absolute atomic E-state index is 0.0723. The quantitative estimate of drug-likeness (QED) is 0.533. The van der Waals surface area contributed by atoms with E-state index in [2.05, 4.69) is 15.8 Å². The number of anilines is 1. The maximum Gasteiger partial charge on any atom is 0.339 e. The van der Waals surface area contributed by atoms with E-state index >= 15 is 0 Å². The van der Waals surface area contributed by atoms with Gasteiger partial charge in [-0.1, -0.05) is 30.3 Å². The van der Waals surface area contributed by atoms with E-state index in [0.717, 1.165) is 4.90 Å². The summed E-state index contributed by atoms with van der Waals surface area (Å²) in [6.45, 7) is 3.23. The maximum absolute atomic E-state index is 12.7. The Balaban J connectivity index is 1.71. The van der Waals surface area contributed by atoms with Gasteiger partial charge in [-0.25, -0.2) is 9.59 Å². The van der Waals surface area contributed by atoms with Crippen LogP contribution in [0.1, 0.15) is 35.0 Å². The van der Waals surface area contributed by atoms with Crippen molar-refractivity contribution < 1.29 is 28.4 Å². The zero-order valence-electron chi connectivity index (χ0n) is 15.9. The van der Waals surface area contributed by atoms with Crippen LogP contribution in [-0.4, -0.2) is 46.5 Å². The van der Waals surface area contributed by atoms with Gasteiger partial charge < -0.3 is 19.9 Å². The minimum atomic E-state index is -1.05. The largest absolute Gasteiger partial charge is 0.449 e. The molecule has 0 saturated carbocycles. The monoisotopic (exact) mass is 400 g/mol. The number of carbonyl (C=O) groups is 4. The topological polar surface area (TPSA) is 131 Å². The highest BCUT2D eigenvalue weighted by atomic mass is 16.5. The van der Waals surface area contributed by atoms with Crippen LogP contribution in [0.15, 0.2) is 34.9 Å². The zero-order chi connectivity index (χ0) is 21.0. The molecule has 2 aromatic rings. The second-order valence-corrected chi connectivity index (χ2v) is 6.41. The number of ether oxygens (including phenoxy) is 1. The highest BCUT2D eigenvalue weighted by Gasteiger charge is 2.30.